The minimum atomic E-state index is -4.60. The number of hydrogen-bond donors (Lipinski definition) is 0. The topological polar surface area (TPSA) is 17.1 Å². The molecule has 0 heterocycles. The predicted molar refractivity (Wildman–Crippen MR) is 73.0 cm³/mol. The van der Waals surface area contributed by atoms with Gasteiger partial charge in [-0.1, -0.05) is 33.3 Å². The summed E-state index contributed by atoms with van der Waals surface area (Å²) in [4.78, 5) is 8.81. The van der Waals surface area contributed by atoms with Crippen LogP contribution < -0.4 is 0 Å². The normalized spacial score (nSPS) is 10.1. The first-order valence-electron chi connectivity index (χ1n) is 6.33. The SMILES string of the molecule is CC=O.CCC(C)C.Cc1ccc(C(F)(F)F)c(F)c1. The Morgan fingerprint density at radius 3 is 1.90 bits per heavy atom. The monoisotopic (exact) mass is 294 g/mol. The van der Waals surface area contributed by atoms with E-state index >= 15 is 0 Å². The molecule has 0 unspecified atom stereocenters. The van der Waals surface area contributed by atoms with Crippen molar-refractivity contribution >= 4 is 6.29 Å². The van der Waals surface area contributed by atoms with Gasteiger partial charge in [0.05, 0.1) is 5.56 Å². The van der Waals surface area contributed by atoms with Gasteiger partial charge in [-0.3, -0.25) is 0 Å². The molecule has 0 radical (unpaired) electrons. The van der Waals surface area contributed by atoms with Crippen LogP contribution in [0.4, 0.5) is 17.6 Å². The van der Waals surface area contributed by atoms with Crippen molar-refractivity contribution in [1.29, 1.82) is 0 Å². The van der Waals surface area contributed by atoms with Crippen LogP contribution in [0, 0.1) is 18.7 Å². The summed E-state index contributed by atoms with van der Waals surface area (Å²) >= 11 is 0. The second-order valence-corrected chi connectivity index (χ2v) is 4.52. The van der Waals surface area contributed by atoms with Crippen LogP contribution in [0.25, 0.3) is 0 Å². The molecular weight excluding hydrogens is 272 g/mol. The minimum absolute atomic E-state index is 0.473. The van der Waals surface area contributed by atoms with Crippen LogP contribution in [0.5, 0.6) is 0 Å². The molecule has 1 rings (SSSR count). The van der Waals surface area contributed by atoms with Crippen molar-refractivity contribution in [2.24, 2.45) is 5.92 Å². The lowest BCUT2D eigenvalue weighted by Gasteiger charge is -2.07. The van der Waals surface area contributed by atoms with Gasteiger partial charge < -0.3 is 4.79 Å². The third kappa shape index (κ3) is 10.5. The van der Waals surface area contributed by atoms with Crippen LogP contribution in [0.1, 0.15) is 45.2 Å². The van der Waals surface area contributed by atoms with Crippen molar-refractivity contribution in [3.63, 3.8) is 0 Å². The molecule has 0 saturated heterocycles. The van der Waals surface area contributed by atoms with E-state index in [2.05, 4.69) is 20.8 Å². The molecule has 0 fully saturated rings. The number of alkyl halides is 3. The summed E-state index contributed by atoms with van der Waals surface area (Å²) in [5.74, 6) is -0.336. The zero-order valence-corrected chi connectivity index (χ0v) is 12.5. The van der Waals surface area contributed by atoms with Gasteiger partial charge in [-0.05, 0) is 37.5 Å². The van der Waals surface area contributed by atoms with E-state index < -0.39 is 17.6 Å². The Hall–Kier alpha value is -1.39. The molecule has 1 aromatic rings. The first kappa shape index (κ1) is 20.9. The second kappa shape index (κ2) is 10.4. The second-order valence-electron chi connectivity index (χ2n) is 4.52. The molecule has 20 heavy (non-hydrogen) atoms. The molecule has 0 amide bonds. The van der Waals surface area contributed by atoms with Crippen LogP contribution in [0.3, 0.4) is 0 Å². The van der Waals surface area contributed by atoms with Gasteiger partial charge in [0.1, 0.15) is 12.1 Å². The molecule has 0 aliphatic carbocycles. The number of carbonyl (C=O) groups excluding carboxylic acids is 1. The molecule has 1 aromatic carbocycles. The number of carbonyl (C=O) groups is 1. The van der Waals surface area contributed by atoms with Gasteiger partial charge in [0.2, 0.25) is 0 Å². The van der Waals surface area contributed by atoms with Crippen molar-refractivity contribution in [1.82, 2.24) is 0 Å². The molecule has 0 aliphatic rings. The summed E-state index contributed by atoms with van der Waals surface area (Å²) in [6, 6.07) is 2.83. The highest BCUT2D eigenvalue weighted by Crippen LogP contribution is 2.31. The molecule has 1 nitrogen and oxygen atoms in total. The largest absolute Gasteiger partial charge is 0.419 e. The Kier molecular flexibility index (Phi) is 10.9. The van der Waals surface area contributed by atoms with Crippen molar-refractivity contribution in [2.75, 3.05) is 0 Å². The maximum atomic E-state index is 12.6. The highest BCUT2D eigenvalue weighted by molar-refractivity contribution is 5.44. The zero-order chi connectivity index (χ0) is 16.3. The quantitative estimate of drug-likeness (QED) is 0.500. The fraction of sp³-hybridized carbons (Fsp3) is 0.533. The van der Waals surface area contributed by atoms with Gasteiger partial charge in [0.25, 0.3) is 0 Å². The van der Waals surface area contributed by atoms with Crippen molar-refractivity contribution in [2.45, 2.75) is 47.2 Å². The third-order valence-electron chi connectivity index (χ3n) is 2.25. The fourth-order valence-corrected chi connectivity index (χ4v) is 0.850. The van der Waals surface area contributed by atoms with Crippen LogP contribution >= 0.6 is 0 Å². The number of hydrogen-bond acceptors (Lipinski definition) is 1. The first-order chi connectivity index (χ1) is 9.09. The summed E-state index contributed by atoms with van der Waals surface area (Å²) in [6.07, 6.45) is -2.54. The Labute approximate surface area is 118 Å². The van der Waals surface area contributed by atoms with Gasteiger partial charge in [-0.25, -0.2) is 4.39 Å². The summed E-state index contributed by atoms with van der Waals surface area (Å²) in [7, 11) is 0. The van der Waals surface area contributed by atoms with E-state index in [1.807, 2.05) is 0 Å². The number of aldehydes is 1. The van der Waals surface area contributed by atoms with Gasteiger partial charge in [-0.2, -0.15) is 13.2 Å². The minimum Gasteiger partial charge on any atom is -0.304 e. The molecule has 0 bridgehead atoms. The van der Waals surface area contributed by atoms with Gasteiger partial charge in [0, 0.05) is 0 Å². The van der Waals surface area contributed by atoms with Crippen molar-refractivity contribution in [3.05, 3.63) is 35.1 Å². The summed E-state index contributed by atoms with van der Waals surface area (Å²) < 4.78 is 48.4. The van der Waals surface area contributed by atoms with E-state index in [1.165, 1.54) is 26.3 Å². The smallest absolute Gasteiger partial charge is 0.304 e. The van der Waals surface area contributed by atoms with Crippen molar-refractivity contribution in [3.8, 4) is 0 Å². The average molecular weight is 294 g/mol. The zero-order valence-electron chi connectivity index (χ0n) is 12.5. The standard InChI is InChI=1S/C8H6F4.C5H12.C2H4O/c1-5-2-3-6(7(9)4-5)8(10,11)12;1-4-5(2)3;1-2-3/h2-4H,1H3;5H,4H2,1-3H3;2H,1H3. The van der Waals surface area contributed by atoms with Crippen molar-refractivity contribution < 1.29 is 22.4 Å². The highest BCUT2D eigenvalue weighted by Gasteiger charge is 2.33. The maximum absolute atomic E-state index is 12.6. The van der Waals surface area contributed by atoms with E-state index in [-0.39, 0.29) is 0 Å². The summed E-state index contributed by atoms with van der Waals surface area (Å²) in [5.41, 5.74) is -0.742. The Bertz CT molecular complexity index is 384. The van der Waals surface area contributed by atoms with E-state index in [9.17, 15) is 17.6 Å². The van der Waals surface area contributed by atoms with Crippen LogP contribution in [-0.4, -0.2) is 6.29 Å². The highest BCUT2D eigenvalue weighted by atomic mass is 19.4. The molecule has 0 aliphatic heterocycles. The van der Waals surface area contributed by atoms with Crippen LogP contribution in [0.15, 0.2) is 18.2 Å². The molecule has 0 N–H and O–H groups in total. The molecule has 0 saturated carbocycles. The Balaban J connectivity index is 0. The molecule has 116 valence electrons. The molecule has 5 heteroatoms. The van der Waals surface area contributed by atoms with Gasteiger partial charge >= 0.3 is 6.18 Å². The summed E-state index contributed by atoms with van der Waals surface area (Å²) in [6.45, 7) is 9.62. The average Bonchev–Trinajstić information content (AvgIpc) is 2.28. The van der Waals surface area contributed by atoms with E-state index in [0.717, 1.165) is 24.3 Å². The maximum Gasteiger partial charge on any atom is 0.419 e. The summed E-state index contributed by atoms with van der Waals surface area (Å²) in [5, 5.41) is 0. The molecule has 0 atom stereocenters. The Morgan fingerprint density at radius 1 is 1.25 bits per heavy atom. The lowest BCUT2D eigenvalue weighted by Crippen LogP contribution is -2.07. The molecular formula is C15H22F4O. The van der Waals surface area contributed by atoms with Gasteiger partial charge in [0.15, 0.2) is 0 Å². The van der Waals surface area contributed by atoms with Gasteiger partial charge in [-0.15, -0.1) is 0 Å². The first-order valence-corrected chi connectivity index (χ1v) is 6.33. The lowest BCUT2D eigenvalue weighted by atomic mass is 10.1. The third-order valence-corrected chi connectivity index (χ3v) is 2.25. The van der Waals surface area contributed by atoms with E-state index in [4.69, 9.17) is 4.79 Å². The van der Waals surface area contributed by atoms with Crippen LogP contribution in [0.2, 0.25) is 0 Å². The molecule has 0 aromatic heterocycles. The fourth-order valence-electron chi connectivity index (χ4n) is 0.850. The Morgan fingerprint density at radius 2 is 1.65 bits per heavy atom. The molecule has 0 spiro atoms. The number of benzene rings is 1. The predicted octanol–water partition coefficient (Wildman–Crippen LogP) is 5.41. The number of halogens is 4. The van der Waals surface area contributed by atoms with Crippen LogP contribution in [-0.2, 0) is 11.0 Å². The van der Waals surface area contributed by atoms with E-state index in [0.29, 0.717) is 5.56 Å². The van der Waals surface area contributed by atoms with E-state index in [1.54, 1.807) is 0 Å². The number of rotatable bonds is 1. The number of aryl methyl sites for hydroxylation is 1. The lowest BCUT2D eigenvalue weighted by molar-refractivity contribution is -0.140.